The summed E-state index contributed by atoms with van der Waals surface area (Å²) in [4.78, 5) is 18.8. The molecule has 1 aliphatic rings. The lowest BCUT2D eigenvalue weighted by atomic mass is 10.1. The van der Waals surface area contributed by atoms with Crippen molar-refractivity contribution in [1.29, 1.82) is 0 Å². The molecule has 1 atom stereocenters. The van der Waals surface area contributed by atoms with E-state index >= 15 is 0 Å². The lowest BCUT2D eigenvalue weighted by Crippen LogP contribution is -2.24. The summed E-state index contributed by atoms with van der Waals surface area (Å²) in [6, 6.07) is 15.7. The minimum Gasteiger partial charge on any atom is -0.452 e. The van der Waals surface area contributed by atoms with Crippen LogP contribution in [0.4, 0.5) is 5.69 Å². The summed E-state index contributed by atoms with van der Waals surface area (Å²) in [6.45, 7) is 4.57. The summed E-state index contributed by atoms with van der Waals surface area (Å²) in [5.74, 6) is 1.44. The molecule has 5 rings (SSSR count). The molecular weight excluding hydrogens is 354 g/mol. The number of aryl methyl sites for hydroxylation is 2. The summed E-state index contributed by atoms with van der Waals surface area (Å²) in [5, 5.41) is 5.17. The van der Waals surface area contributed by atoms with E-state index in [0.717, 1.165) is 22.2 Å². The van der Waals surface area contributed by atoms with Gasteiger partial charge in [0.2, 0.25) is 17.6 Å². The zero-order valence-corrected chi connectivity index (χ0v) is 15.7. The van der Waals surface area contributed by atoms with Crippen LogP contribution in [0.2, 0.25) is 0 Å². The lowest BCUT2D eigenvalue weighted by molar-refractivity contribution is -0.117. The van der Waals surface area contributed by atoms with Crippen molar-refractivity contribution in [2.45, 2.75) is 26.2 Å². The van der Waals surface area contributed by atoms with E-state index in [0.29, 0.717) is 30.4 Å². The fourth-order valence-corrected chi connectivity index (χ4v) is 3.77. The summed E-state index contributed by atoms with van der Waals surface area (Å²) in [7, 11) is 0. The highest BCUT2D eigenvalue weighted by Crippen LogP contribution is 2.35. The first-order valence-corrected chi connectivity index (χ1v) is 9.29. The third kappa shape index (κ3) is 2.69. The van der Waals surface area contributed by atoms with Gasteiger partial charge in [0.1, 0.15) is 5.58 Å². The van der Waals surface area contributed by atoms with Gasteiger partial charge in [-0.25, -0.2) is 0 Å². The van der Waals surface area contributed by atoms with Gasteiger partial charge in [0.05, 0.1) is 5.92 Å². The van der Waals surface area contributed by atoms with Gasteiger partial charge in [0.25, 0.3) is 0 Å². The van der Waals surface area contributed by atoms with Gasteiger partial charge in [-0.2, -0.15) is 4.98 Å². The van der Waals surface area contributed by atoms with E-state index in [9.17, 15) is 4.79 Å². The van der Waals surface area contributed by atoms with Crippen LogP contribution in [0.15, 0.2) is 57.5 Å². The van der Waals surface area contributed by atoms with Crippen molar-refractivity contribution in [3.05, 3.63) is 65.5 Å². The number of fused-ring (bicyclic) bond motifs is 1. The third-order valence-corrected chi connectivity index (χ3v) is 5.28. The standard InChI is InChI=1S/C22H19N3O3/c1-13-8-9-18-17(10-13)14(2)20(27-18)21-23-22(28-24-21)15-11-19(26)25(12-15)16-6-4-3-5-7-16/h3-10,15H,11-12H2,1-2H3. The van der Waals surface area contributed by atoms with Crippen LogP contribution in [0, 0.1) is 13.8 Å². The number of furan rings is 1. The lowest BCUT2D eigenvalue weighted by Gasteiger charge is -2.15. The number of nitrogens with zero attached hydrogens (tertiary/aromatic N) is 3. The fourth-order valence-electron chi connectivity index (χ4n) is 3.77. The van der Waals surface area contributed by atoms with E-state index in [1.165, 1.54) is 5.56 Å². The summed E-state index contributed by atoms with van der Waals surface area (Å²) >= 11 is 0. The van der Waals surface area contributed by atoms with Gasteiger partial charge >= 0.3 is 0 Å². The molecule has 1 saturated heterocycles. The number of aromatic nitrogens is 2. The maximum absolute atomic E-state index is 12.5. The fraction of sp³-hybridized carbons (Fsp3) is 0.227. The van der Waals surface area contributed by atoms with E-state index in [-0.39, 0.29) is 11.8 Å². The molecule has 3 heterocycles. The zero-order valence-electron chi connectivity index (χ0n) is 15.7. The number of benzene rings is 2. The Bertz CT molecular complexity index is 1180. The first kappa shape index (κ1) is 16.7. The number of carbonyl (C=O) groups excluding carboxylic acids is 1. The minimum atomic E-state index is -0.124. The van der Waals surface area contributed by atoms with Crippen LogP contribution in [-0.4, -0.2) is 22.6 Å². The van der Waals surface area contributed by atoms with Gasteiger partial charge in [0.15, 0.2) is 5.76 Å². The van der Waals surface area contributed by atoms with Crippen LogP contribution in [0.5, 0.6) is 0 Å². The number of rotatable bonds is 3. The summed E-state index contributed by atoms with van der Waals surface area (Å²) in [5.41, 5.74) is 3.84. The van der Waals surface area contributed by atoms with E-state index in [1.54, 1.807) is 4.90 Å². The van der Waals surface area contributed by atoms with Gasteiger partial charge in [-0.05, 0) is 38.1 Å². The number of anilines is 1. The Balaban J connectivity index is 1.44. The van der Waals surface area contributed by atoms with Crippen LogP contribution in [-0.2, 0) is 4.79 Å². The molecule has 4 aromatic rings. The van der Waals surface area contributed by atoms with Crippen LogP contribution < -0.4 is 4.90 Å². The maximum atomic E-state index is 12.5. The van der Waals surface area contributed by atoms with Gasteiger partial charge in [-0.1, -0.05) is 35.0 Å². The Labute approximate surface area is 161 Å². The average Bonchev–Trinajstić information content (AvgIpc) is 3.40. The predicted molar refractivity (Wildman–Crippen MR) is 105 cm³/mol. The Morgan fingerprint density at radius 2 is 1.93 bits per heavy atom. The van der Waals surface area contributed by atoms with E-state index in [4.69, 9.17) is 8.94 Å². The van der Waals surface area contributed by atoms with Gasteiger partial charge in [-0.3, -0.25) is 4.79 Å². The Kier molecular flexibility index (Phi) is 3.79. The molecule has 6 heteroatoms. The molecule has 1 fully saturated rings. The van der Waals surface area contributed by atoms with Crippen molar-refractivity contribution >= 4 is 22.6 Å². The molecule has 2 aromatic heterocycles. The largest absolute Gasteiger partial charge is 0.452 e. The summed E-state index contributed by atoms with van der Waals surface area (Å²) in [6.07, 6.45) is 0.356. The molecule has 1 unspecified atom stereocenters. The molecule has 2 aromatic carbocycles. The van der Waals surface area contributed by atoms with Crippen molar-refractivity contribution in [3.8, 4) is 11.6 Å². The molecule has 1 aliphatic heterocycles. The molecule has 0 spiro atoms. The van der Waals surface area contributed by atoms with Crippen molar-refractivity contribution in [1.82, 2.24) is 10.1 Å². The van der Waals surface area contributed by atoms with Crippen molar-refractivity contribution in [3.63, 3.8) is 0 Å². The number of carbonyl (C=O) groups is 1. The SMILES string of the molecule is Cc1ccc2oc(-c3noc(C4CC(=O)N(c5ccccc5)C4)n3)c(C)c2c1. The molecule has 0 saturated carbocycles. The second-order valence-corrected chi connectivity index (χ2v) is 7.25. The number of para-hydroxylation sites is 1. The molecule has 0 radical (unpaired) electrons. The quantitative estimate of drug-likeness (QED) is 0.524. The predicted octanol–water partition coefficient (Wildman–Crippen LogP) is 4.62. The molecule has 6 nitrogen and oxygen atoms in total. The van der Waals surface area contributed by atoms with E-state index in [1.807, 2.05) is 56.3 Å². The molecule has 0 aliphatic carbocycles. The Hall–Kier alpha value is -3.41. The zero-order chi connectivity index (χ0) is 19.3. The third-order valence-electron chi connectivity index (χ3n) is 5.28. The van der Waals surface area contributed by atoms with Gasteiger partial charge in [-0.15, -0.1) is 0 Å². The first-order valence-electron chi connectivity index (χ1n) is 9.29. The number of hydrogen-bond acceptors (Lipinski definition) is 5. The molecule has 1 amide bonds. The molecule has 0 N–H and O–H groups in total. The van der Waals surface area contributed by atoms with Crippen LogP contribution in [0.25, 0.3) is 22.6 Å². The first-order chi connectivity index (χ1) is 13.6. The Morgan fingerprint density at radius 1 is 1.11 bits per heavy atom. The smallest absolute Gasteiger partial charge is 0.238 e. The minimum absolute atomic E-state index is 0.0614. The average molecular weight is 373 g/mol. The highest BCUT2D eigenvalue weighted by Gasteiger charge is 2.35. The number of amides is 1. The second-order valence-electron chi connectivity index (χ2n) is 7.25. The maximum Gasteiger partial charge on any atom is 0.238 e. The highest BCUT2D eigenvalue weighted by molar-refractivity contribution is 5.96. The van der Waals surface area contributed by atoms with E-state index < -0.39 is 0 Å². The summed E-state index contributed by atoms with van der Waals surface area (Å²) < 4.78 is 11.5. The topological polar surface area (TPSA) is 72.4 Å². The monoisotopic (exact) mass is 373 g/mol. The van der Waals surface area contributed by atoms with Crippen LogP contribution in [0.3, 0.4) is 0 Å². The molecule has 0 bridgehead atoms. The highest BCUT2D eigenvalue weighted by atomic mass is 16.5. The molecular formula is C22H19N3O3. The van der Waals surface area contributed by atoms with Gasteiger partial charge in [0, 0.05) is 29.6 Å². The van der Waals surface area contributed by atoms with Crippen molar-refractivity contribution in [2.24, 2.45) is 0 Å². The molecule has 28 heavy (non-hydrogen) atoms. The van der Waals surface area contributed by atoms with Crippen molar-refractivity contribution in [2.75, 3.05) is 11.4 Å². The Morgan fingerprint density at radius 3 is 2.75 bits per heavy atom. The second kappa shape index (κ2) is 6.34. The van der Waals surface area contributed by atoms with Gasteiger partial charge < -0.3 is 13.8 Å². The van der Waals surface area contributed by atoms with Crippen molar-refractivity contribution < 1.29 is 13.7 Å². The van der Waals surface area contributed by atoms with Crippen LogP contribution in [0.1, 0.15) is 29.4 Å². The molecule has 140 valence electrons. The number of hydrogen-bond donors (Lipinski definition) is 0. The van der Waals surface area contributed by atoms with E-state index in [2.05, 4.69) is 16.2 Å². The normalized spacial score (nSPS) is 17.0. The van der Waals surface area contributed by atoms with Crippen LogP contribution >= 0.6 is 0 Å².